The topological polar surface area (TPSA) is 41.6 Å². The van der Waals surface area contributed by atoms with Crippen LogP contribution in [0.4, 0.5) is 0 Å². The molecule has 0 aromatic heterocycles. The Morgan fingerprint density at radius 2 is 2.31 bits per heavy atom. The van der Waals surface area contributed by atoms with Gasteiger partial charge in [0.2, 0.25) is 0 Å². The summed E-state index contributed by atoms with van der Waals surface area (Å²) in [6.45, 7) is 8.21. The highest BCUT2D eigenvalue weighted by molar-refractivity contribution is 5.80. The van der Waals surface area contributed by atoms with Crippen molar-refractivity contribution in [2.24, 2.45) is 0 Å². The van der Waals surface area contributed by atoms with Gasteiger partial charge in [0.25, 0.3) is 0 Å². The summed E-state index contributed by atoms with van der Waals surface area (Å²) in [6, 6.07) is 0.571. The number of likely N-dealkylation sites (tertiary alicyclic amines) is 1. The van der Waals surface area contributed by atoms with Crippen LogP contribution in [0, 0.1) is 0 Å². The van der Waals surface area contributed by atoms with E-state index in [1.165, 1.54) is 12.8 Å². The highest BCUT2D eigenvalue weighted by Crippen LogP contribution is 2.20. The number of hydrogen-bond donors (Lipinski definition) is 1. The van der Waals surface area contributed by atoms with E-state index in [1.54, 1.807) is 0 Å². The van der Waals surface area contributed by atoms with Crippen LogP contribution in [-0.4, -0.2) is 49.2 Å². The van der Waals surface area contributed by atoms with Gasteiger partial charge in [-0.15, -0.1) is 0 Å². The predicted molar refractivity (Wildman–Crippen MR) is 64.4 cm³/mol. The molecule has 0 aromatic carbocycles. The zero-order valence-electron chi connectivity index (χ0n) is 10.9. The lowest BCUT2D eigenvalue weighted by molar-refractivity contribution is -0.151. The minimum Gasteiger partial charge on any atom is -0.465 e. The van der Waals surface area contributed by atoms with E-state index < -0.39 is 5.54 Å². The van der Waals surface area contributed by atoms with Gasteiger partial charge < -0.3 is 10.1 Å². The second kappa shape index (κ2) is 5.64. The number of nitrogens with zero attached hydrogens (tertiary/aromatic N) is 1. The number of carbonyl (C=O) groups excluding carboxylic acids is 1. The number of rotatable bonds is 5. The molecule has 1 rings (SSSR count). The summed E-state index contributed by atoms with van der Waals surface area (Å²) in [7, 11) is 1.82. The Labute approximate surface area is 98.3 Å². The number of ether oxygens (including phenoxy) is 1. The molecule has 0 bridgehead atoms. The van der Waals surface area contributed by atoms with Crippen LogP contribution in [-0.2, 0) is 9.53 Å². The van der Waals surface area contributed by atoms with Crippen LogP contribution in [0.25, 0.3) is 0 Å². The standard InChI is InChI=1S/C12H24N2O2/c1-5-16-11(15)12(3,13-4)9-14-8-6-7-10(14)2/h10,13H,5-9H2,1-4H3. The summed E-state index contributed by atoms with van der Waals surface area (Å²) in [5, 5.41) is 3.09. The van der Waals surface area contributed by atoms with Gasteiger partial charge in [-0.3, -0.25) is 9.69 Å². The molecule has 1 saturated heterocycles. The molecular formula is C12H24N2O2. The second-order valence-corrected chi connectivity index (χ2v) is 4.76. The van der Waals surface area contributed by atoms with E-state index in [4.69, 9.17) is 4.74 Å². The van der Waals surface area contributed by atoms with Crippen LogP contribution in [0.15, 0.2) is 0 Å². The zero-order chi connectivity index (χ0) is 12.2. The maximum absolute atomic E-state index is 11.9. The van der Waals surface area contributed by atoms with Gasteiger partial charge in [-0.1, -0.05) is 0 Å². The molecule has 1 aliphatic heterocycles. The van der Waals surface area contributed by atoms with Crippen LogP contribution >= 0.6 is 0 Å². The molecule has 0 amide bonds. The molecule has 0 aliphatic carbocycles. The summed E-state index contributed by atoms with van der Waals surface area (Å²) < 4.78 is 5.12. The lowest BCUT2D eigenvalue weighted by atomic mass is 10.0. The Balaban J connectivity index is 2.61. The minimum atomic E-state index is -0.589. The van der Waals surface area contributed by atoms with Crippen LogP contribution in [0.1, 0.15) is 33.6 Å². The van der Waals surface area contributed by atoms with E-state index >= 15 is 0 Å². The van der Waals surface area contributed by atoms with Gasteiger partial charge in [0.05, 0.1) is 6.61 Å². The third-order valence-corrected chi connectivity index (χ3v) is 3.49. The predicted octanol–water partition coefficient (Wildman–Crippen LogP) is 1.01. The van der Waals surface area contributed by atoms with Crippen molar-refractivity contribution in [1.82, 2.24) is 10.2 Å². The van der Waals surface area contributed by atoms with Gasteiger partial charge in [-0.25, -0.2) is 0 Å². The first-order valence-corrected chi connectivity index (χ1v) is 6.13. The number of hydrogen-bond acceptors (Lipinski definition) is 4. The average molecular weight is 228 g/mol. The van der Waals surface area contributed by atoms with Gasteiger partial charge in [0, 0.05) is 12.6 Å². The summed E-state index contributed by atoms with van der Waals surface area (Å²) in [6.07, 6.45) is 2.45. The third-order valence-electron chi connectivity index (χ3n) is 3.49. The lowest BCUT2D eigenvalue weighted by Crippen LogP contribution is -2.56. The van der Waals surface area contributed by atoms with Gasteiger partial charge in [0.1, 0.15) is 5.54 Å². The molecule has 0 radical (unpaired) electrons. The van der Waals surface area contributed by atoms with Crippen LogP contribution in [0.3, 0.4) is 0 Å². The van der Waals surface area contributed by atoms with E-state index in [2.05, 4.69) is 17.1 Å². The van der Waals surface area contributed by atoms with Gasteiger partial charge in [-0.05, 0) is 47.2 Å². The van der Waals surface area contributed by atoms with Crippen molar-refractivity contribution >= 4 is 5.97 Å². The van der Waals surface area contributed by atoms with Crippen LogP contribution in [0.2, 0.25) is 0 Å². The fourth-order valence-electron chi connectivity index (χ4n) is 2.17. The molecule has 4 heteroatoms. The second-order valence-electron chi connectivity index (χ2n) is 4.76. The quantitative estimate of drug-likeness (QED) is 0.713. The summed E-state index contributed by atoms with van der Waals surface area (Å²) in [5.41, 5.74) is -0.589. The molecule has 0 saturated carbocycles. The van der Waals surface area contributed by atoms with E-state index in [0.29, 0.717) is 12.6 Å². The van der Waals surface area contributed by atoms with Crippen molar-refractivity contribution in [3.63, 3.8) is 0 Å². The molecule has 0 spiro atoms. The third kappa shape index (κ3) is 2.95. The first-order valence-electron chi connectivity index (χ1n) is 6.13. The molecule has 4 nitrogen and oxygen atoms in total. The normalized spacial score (nSPS) is 25.4. The molecule has 94 valence electrons. The van der Waals surface area contributed by atoms with Crippen molar-refractivity contribution in [3.8, 4) is 0 Å². The number of nitrogens with one attached hydrogen (secondary N) is 1. The first-order chi connectivity index (χ1) is 7.53. The van der Waals surface area contributed by atoms with E-state index in [-0.39, 0.29) is 5.97 Å². The summed E-state index contributed by atoms with van der Waals surface area (Å²) in [5.74, 6) is -0.156. The van der Waals surface area contributed by atoms with E-state index in [1.807, 2.05) is 20.9 Å². The number of likely N-dealkylation sites (N-methyl/N-ethyl adjacent to an activating group) is 1. The smallest absolute Gasteiger partial charge is 0.327 e. The average Bonchev–Trinajstić information content (AvgIpc) is 2.64. The Morgan fingerprint density at radius 1 is 1.62 bits per heavy atom. The SMILES string of the molecule is CCOC(=O)C(C)(CN1CCCC1C)NC. The first kappa shape index (κ1) is 13.5. The largest absolute Gasteiger partial charge is 0.465 e. The lowest BCUT2D eigenvalue weighted by Gasteiger charge is -2.33. The Bertz CT molecular complexity index is 245. The molecule has 1 aliphatic rings. The Hall–Kier alpha value is -0.610. The Kier molecular flexibility index (Phi) is 4.74. The molecule has 1 N–H and O–H groups in total. The maximum Gasteiger partial charge on any atom is 0.327 e. The van der Waals surface area contributed by atoms with Crippen molar-refractivity contribution < 1.29 is 9.53 Å². The highest BCUT2D eigenvalue weighted by Gasteiger charge is 2.37. The van der Waals surface area contributed by atoms with Crippen molar-refractivity contribution in [1.29, 1.82) is 0 Å². The Morgan fingerprint density at radius 3 is 2.75 bits per heavy atom. The summed E-state index contributed by atoms with van der Waals surface area (Å²) >= 11 is 0. The van der Waals surface area contributed by atoms with Crippen molar-refractivity contribution in [3.05, 3.63) is 0 Å². The molecule has 2 atom stereocenters. The van der Waals surface area contributed by atoms with Gasteiger partial charge in [-0.2, -0.15) is 0 Å². The van der Waals surface area contributed by atoms with Gasteiger partial charge in [0.15, 0.2) is 0 Å². The number of esters is 1. The molecule has 2 unspecified atom stereocenters. The molecule has 1 heterocycles. The monoisotopic (exact) mass is 228 g/mol. The maximum atomic E-state index is 11.9. The molecule has 1 fully saturated rings. The summed E-state index contributed by atoms with van der Waals surface area (Å²) in [4.78, 5) is 14.2. The van der Waals surface area contributed by atoms with Crippen molar-refractivity contribution in [2.75, 3.05) is 26.7 Å². The minimum absolute atomic E-state index is 0.156. The zero-order valence-corrected chi connectivity index (χ0v) is 10.9. The number of carbonyl (C=O) groups is 1. The van der Waals surface area contributed by atoms with E-state index in [0.717, 1.165) is 13.1 Å². The van der Waals surface area contributed by atoms with Crippen molar-refractivity contribution in [2.45, 2.75) is 45.2 Å². The molecule has 16 heavy (non-hydrogen) atoms. The fraction of sp³-hybridized carbons (Fsp3) is 0.917. The van der Waals surface area contributed by atoms with Crippen LogP contribution < -0.4 is 5.32 Å². The van der Waals surface area contributed by atoms with E-state index in [9.17, 15) is 4.79 Å². The molecule has 0 aromatic rings. The molecular weight excluding hydrogens is 204 g/mol. The highest BCUT2D eigenvalue weighted by atomic mass is 16.5. The fourth-order valence-corrected chi connectivity index (χ4v) is 2.17. The van der Waals surface area contributed by atoms with Gasteiger partial charge >= 0.3 is 5.97 Å². The van der Waals surface area contributed by atoms with Crippen LogP contribution in [0.5, 0.6) is 0 Å².